The van der Waals surface area contributed by atoms with Crippen molar-refractivity contribution in [1.29, 1.82) is 0 Å². The van der Waals surface area contributed by atoms with Gasteiger partial charge in [-0.05, 0) is 54.8 Å². The molecule has 1 rings (SSSR count). The number of halogens is 2. The number of nitrogens with two attached hydrogens (primary N) is 1. The highest BCUT2D eigenvalue weighted by Gasteiger charge is 2.10. The molecule has 0 bridgehead atoms. The molecule has 0 heterocycles. The molecule has 0 spiro atoms. The number of sulfonamides is 1. The first-order valence-electron chi connectivity index (χ1n) is 11.9. The molecule has 2 amide bonds. The molecule has 0 aliphatic heterocycles. The highest BCUT2D eigenvalue weighted by Crippen LogP contribution is 2.09. The van der Waals surface area contributed by atoms with Crippen molar-refractivity contribution in [1.82, 2.24) is 10.6 Å². The van der Waals surface area contributed by atoms with E-state index in [2.05, 4.69) is 37.3 Å². The normalized spacial score (nSPS) is 11.9. The van der Waals surface area contributed by atoms with Crippen LogP contribution in [0.1, 0.15) is 42.5 Å². The molecular formula is C24H35BrClN3O7S. The minimum Gasteiger partial charge on any atom is -0.379 e. The van der Waals surface area contributed by atoms with Crippen LogP contribution in [0.2, 0.25) is 0 Å². The first-order valence-corrected chi connectivity index (χ1v) is 14.7. The molecule has 0 saturated heterocycles. The Hall–Kier alpha value is -1.72. The molecule has 0 aromatic heterocycles. The van der Waals surface area contributed by atoms with Crippen LogP contribution in [0.25, 0.3) is 0 Å². The summed E-state index contributed by atoms with van der Waals surface area (Å²) in [5.41, 5.74) is 0.349. The van der Waals surface area contributed by atoms with Gasteiger partial charge in [-0.25, -0.2) is 13.6 Å². The smallest absolute Gasteiger partial charge is 0.251 e. The van der Waals surface area contributed by atoms with Crippen LogP contribution in [0.4, 0.5) is 0 Å². The van der Waals surface area contributed by atoms with E-state index in [1.54, 1.807) is 0 Å². The van der Waals surface area contributed by atoms with Gasteiger partial charge in [-0.1, -0.05) is 5.92 Å². The Morgan fingerprint density at radius 1 is 0.919 bits per heavy atom. The zero-order chi connectivity index (χ0) is 27.4. The van der Waals surface area contributed by atoms with Gasteiger partial charge in [0.2, 0.25) is 15.9 Å². The second-order valence-electron chi connectivity index (χ2n) is 7.82. The maximum Gasteiger partial charge on any atom is 0.251 e. The number of amides is 2. The van der Waals surface area contributed by atoms with Gasteiger partial charge in [0.1, 0.15) is 0 Å². The third kappa shape index (κ3) is 17.4. The van der Waals surface area contributed by atoms with E-state index in [0.717, 1.165) is 6.42 Å². The van der Waals surface area contributed by atoms with Crippen molar-refractivity contribution >= 4 is 49.4 Å². The van der Waals surface area contributed by atoms with Crippen LogP contribution < -0.4 is 15.8 Å². The van der Waals surface area contributed by atoms with Crippen LogP contribution >= 0.6 is 27.5 Å². The second-order valence-corrected chi connectivity index (χ2v) is 10.3. The summed E-state index contributed by atoms with van der Waals surface area (Å²) in [5.74, 6) is 2.47. The van der Waals surface area contributed by atoms with Crippen LogP contribution in [0, 0.1) is 10.8 Å². The average molecular weight is 625 g/mol. The van der Waals surface area contributed by atoms with E-state index in [0.29, 0.717) is 84.0 Å². The number of primary sulfonamides is 1. The van der Waals surface area contributed by atoms with Gasteiger partial charge in [-0.3, -0.25) is 9.59 Å². The summed E-state index contributed by atoms with van der Waals surface area (Å²) in [4.78, 5) is 26.3. The van der Waals surface area contributed by atoms with Crippen molar-refractivity contribution in [3.8, 4) is 10.8 Å². The summed E-state index contributed by atoms with van der Waals surface area (Å²) >= 11 is 8.95. The Kier molecular flexibility index (Phi) is 18.2. The Labute approximate surface area is 232 Å². The quantitative estimate of drug-likeness (QED) is 0.114. The number of carbonyl (C=O) groups is 2. The van der Waals surface area contributed by atoms with Crippen molar-refractivity contribution in [2.24, 2.45) is 5.14 Å². The van der Waals surface area contributed by atoms with Crippen molar-refractivity contribution < 1.29 is 32.2 Å². The van der Waals surface area contributed by atoms with E-state index < -0.39 is 10.0 Å². The minimum atomic E-state index is -3.78. The molecule has 1 aromatic rings. The lowest BCUT2D eigenvalue weighted by Gasteiger charge is -2.08. The molecule has 1 atom stereocenters. The molecule has 0 radical (unpaired) electrons. The monoisotopic (exact) mass is 623 g/mol. The van der Waals surface area contributed by atoms with Crippen LogP contribution in [0.15, 0.2) is 29.2 Å². The maximum atomic E-state index is 12.0. The minimum absolute atomic E-state index is 0.00137. The van der Waals surface area contributed by atoms with Crippen molar-refractivity contribution in [3.05, 3.63) is 29.8 Å². The largest absolute Gasteiger partial charge is 0.379 e. The number of rotatable bonds is 20. The van der Waals surface area contributed by atoms with Gasteiger partial charge in [0.15, 0.2) is 0 Å². The zero-order valence-electron chi connectivity index (χ0n) is 20.7. The summed E-state index contributed by atoms with van der Waals surface area (Å²) in [6, 6.07) is 5.41. The van der Waals surface area contributed by atoms with Crippen LogP contribution in [-0.2, 0) is 29.0 Å². The fourth-order valence-electron chi connectivity index (χ4n) is 2.88. The zero-order valence-corrected chi connectivity index (χ0v) is 23.8. The van der Waals surface area contributed by atoms with E-state index >= 15 is 0 Å². The van der Waals surface area contributed by atoms with Crippen LogP contribution in [0.5, 0.6) is 0 Å². The van der Waals surface area contributed by atoms with E-state index in [-0.39, 0.29) is 22.1 Å². The standard InChI is InChI=1S/C24H35BrClN3O7S/c25-11-10-21(26)4-1-5-23(30)28-12-2-14-34-16-18-36-19-17-35-15-3-13-29-24(31)20-6-8-22(9-7-20)37(27,32)33/h6-9,21H,1-5,12-19H2,(H,28,30)(H,29,31)(H2,27,32,33). The van der Waals surface area contributed by atoms with Gasteiger partial charge >= 0.3 is 0 Å². The Morgan fingerprint density at radius 3 is 2.00 bits per heavy atom. The molecule has 0 saturated carbocycles. The molecule has 0 aliphatic carbocycles. The lowest BCUT2D eigenvalue weighted by molar-refractivity contribution is -0.121. The topological polar surface area (TPSA) is 146 Å². The van der Waals surface area contributed by atoms with Crippen LogP contribution in [0.3, 0.4) is 0 Å². The number of alkyl halides is 1. The molecule has 0 fully saturated rings. The molecule has 13 heteroatoms. The number of hydrogen-bond acceptors (Lipinski definition) is 7. The number of hydrogen-bond donors (Lipinski definition) is 3. The first kappa shape index (κ1) is 33.3. The van der Waals surface area contributed by atoms with Crippen molar-refractivity contribution in [2.75, 3.05) is 52.7 Å². The van der Waals surface area contributed by atoms with Gasteiger partial charge < -0.3 is 24.8 Å². The summed E-state index contributed by atoms with van der Waals surface area (Å²) in [7, 11) is -3.78. The van der Waals surface area contributed by atoms with Gasteiger partial charge in [0.05, 0.1) is 36.7 Å². The molecule has 0 aliphatic rings. The first-order chi connectivity index (χ1) is 17.7. The molecule has 208 valence electrons. The Morgan fingerprint density at radius 2 is 1.46 bits per heavy atom. The number of benzene rings is 1. The Balaban J connectivity index is 1.88. The predicted molar refractivity (Wildman–Crippen MR) is 145 cm³/mol. The lowest BCUT2D eigenvalue weighted by atomic mass is 10.2. The fourth-order valence-corrected chi connectivity index (χ4v) is 4.01. The SMILES string of the molecule is NS(=O)(=O)c1ccc(C(=O)NCCCOCCOCCOCCCNC(=O)CCCC(Cl)C#CBr)cc1. The van der Waals surface area contributed by atoms with Gasteiger partial charge in [0, 0.05) is 54.2 Å². The molecule has 37 heavy (non-hydrogen) atoms. The van der Waals surface area contributed by atoms with E-state index in [9.17, 15) is 18.0 Å². The van der Waals surface area contributed by atoms with Gasteiger partial charge in [-0.15, -0.1) is 11.6 Å². The lowest BCUT2D eigenvalue weighted by Crippen LogP contribution is -2.25. The van der Waals surface area contributed by atoms with E-state index in [4.69, 9.17) is 31.0 Å². The van der Waals surface area contributed by atoms with E-state index in [1.807, 2.05) is 0 Å². The summed E-state index contributed by atoms with van der Waals surface area (Å²) in [6.45, 7) is 3.77. The van der Waals surface area contributed by atoms with Gasteiger partial charge in [0.25, 0.3) is 5.91 Å². The molecule has 1 aromatic carbocycles. The Bertz CT molecular complexity index is 969. The molecule has 1 unspecified atom stereocenters. The third-order valence-electron chi connectivity index (χ3n) is 4.80. The molecule has 10 nitrogen and oxygen atoms in total. The predicted octanol–water partition coefficient (Wildman–Crippen LogP) is 2.14. The highest BCUT2D eigenvalue weighted by molar-refractivity contribution is 9.12. The summed E-state index contributed by atoms with van der Waals surface area (Å²) in [5, 5.41) is 10.4. The second kappa shape index (κ2) is 20.3. The fraction of sp³-hybridized carbons (Fsp3) is 0.583. The number of ether oxygens (including phenoxy) is 3. The number of carbonyl (C=O) groups excluding carboxylic acids is 2. The summed E-state index contributed by atoms with van der Waals surface area (Å²) < 4.78 is 38.8. The highest BCUT2D eigenvalue weighted by atomic mass is 79.9. The van der Waals surface area contributed by atoms with E-state index in [1.165, 1.54) is 24.3 Å². The molecule has 4 N–H and O–H groups in total. The maximum absolute atomic E-state index is 12.0. The summed E-state index contributed by atoms with van der Waals surface area (Å²) in [6.07, 6.45) is 3.14. The average Bonchev–Trinajstić information content (AvgIpc) is 2.86. The van der Waals surface area contributed by atoms with Crippen molar-refractivity contribution in [3.63, 3.8) is 0 Å². The third-order valence-corrected chi connectivity index (χ3v) is 6.29. The van der Waals surface area contributed by atoms with Crippen LogP contribution in [-0.4, -0.2) is 78.3 Å². The number of nitrogens with one attached hydrogen (secondary N) is 2. The van der Waals surface area contributed by atoms with Gasteiger partial charge in [-0.2, -0.15) is 0 Å². The molecular weight excluding hydrogens is 590 g/mol. The van der Waals surface area contributed by atoms with Crippen molar-refractivity contribution in [2.45, 2.75) is 42.4 Å².